The fourth-order valence-electron chi connectivity index (χ4n) is 4.50. The third-order valence-electron chi connectivity index (χ3n) is 6.15. The van der Waals surface area contributed by atoms with Crippen LogP contribution in [0.1, 0.15) is 58.4 Å². The van der Waals surface area contributed by atoms with Crippen molar-refractivity contribution in [1.29, 1.82) is 0 Å². The molecule has 0 bridgehead atoms. The number of fused-ring (bicyclic) bond motifs is 1. The van der Waals surface area contributed by atoms with Gasteiger partial charge in [0.05, 0.1) is 4.90 Å². The summed E-state index contributed by atoms with van der Waals surface area (Å²) in [6.07, 6.45) is 8.04. The molecule has 1 heterocycles. The third-order valence-corrected chi connectivity index (χ3v) is 8.20. The predicted octanol–water partition coefficient (Wildman–Crippen LogP) is 3.00. The molecule has 0 fully saturated rings. The summed E-state index contributed by atoms with van der Waals surface area (Å²) in [6, 6.07) is 4.13. The monoisotopic (exact) mass is 447 g/mol. The van der Waals surface area contributed by atoms with Crippen LogP contribution in [0.4, 0.5) is 5.69 Å². The first kappa shape index (κ1) is 23.5. The molecule has 1 atom stereocenters. The standard InChI is InChI=1S/C23H33N3O4S/c1-4-25(5-2)31(29,30)20-11-12-21-19(15-20)16-22(26(21)17(3)27)23(28)24-14-13-18-9-7-6-8-10-18/h9,11-12,15,22H,4-8,10,13-14,16H2,1-3H3,(H,24,28). The Hall–Kier alpha value is -2.19. The number of nitrogens with one attached hydrogen (secondary N) is 1. The second-order valence-corrected chi connectivity index (χ2v) is 10.1. The second-order valence-electron chi connectivity index (χ2n) is 8.14. The van der Waals surface area contributed by atoms with Gasteiger partial charge in [-0.1, -0.05) is 25.5 Å². The highest BCUT2D eigenvalue weighted by atomic mass is 32.2. The molecule has 1 aromatic rings. The number of benzene rings is 1. The summed E-state index contributed by atoms with van der Waals surface area (Å²) in [5.74, 6) is -0.427. The van der Waals surface area contributed by atoms with Gasteiger partial charge in [0.2, 0.25) is 21.8 Å². The van der Waals surface area contributed by atoms with Gasteiger partial charge in [-0.2, -0.15) is 4.31 Å². The van der Waals surface area contributed by atoms with Gasteiger partial charge >= 0.3 is 0 Å². The lowest BCUT2D eigenvalue weighted by Crippen LogP contribution is -2.47. The number of rotatable bonds is 8. The van der Waals surface area contributed by atoms with Gasteiger partial charge in [-0.15, -0.1) is 0 Å². The van der Waals surface area contributed by atoms with Crippen LogP contribution in [0.2, 0.25) is 0 Å². The Balaban J connectivity index is 1.76. The Morgan fingerprint density at radius 1 is 1.19 bits per heavy atom. The number of hydrogen-bond acceptors (Lipinski definition) is 4. The minimum absolute atomic E-state index is 0.198. The Labute approximate surface area is 185 Å². The highest BCUT2D eigenvalue weighted by Gasteiger charge is 2.37. The van der Waals surface area contributed by atoms with Crippen molar-refractivity contribution in [2.24, 2.45) is 0 Å². The van der Waals surface area contributed by atoms with Crippen LogP contribution in [0.3, 0.4) is 0 Å². The number of amides is 2. The molecule has 1 aliphatic carbocycles. The summed E-state index contributed by atoms with van der Waals surface area (Å²) in [4.78, 5) is 26.9. The maximum absolute atomic E-state index is 12.9. The van der Waals surface area contributed by atoms with E-state index >= 15 is 0 Å². The Morgan fingerprint density at radius 2 is 1.94 bits per heavy atom. The molecule has 0 aromatic heterocycles. The molecule has 0 radical (unpaired) electrons. The van der Waals surface area contributed by atoms with Crippen molar-refractivity contribution in [2.45, 2.75) is 70.2 Å². The van der Waals surface area contributed by atoms with Gasteiger partial charge in [-0.3, -0.25) is 14.5 Å². The molecular weight excluding hydrogens is 414 g/mol. The maximum atomic E-state index is 12.9. The molecule has 31 heavy (non-hydrogen) atoms. The molecule has 1 N–H and O–H groups in total. The minimum atomic E-state index is -3.60. The zero-order valence-electron chi connectivity index (χ0n) is 18.7. The zero-order chi connectivity index (χ0) is 22.6. The summed E-state index contributed by atoms with van der Waals surface area (Å²) >= 11 is 0. The van der Waals surface area contributed by atoms with Crippen LogP contribution < -0.4 is 10.2 Å². The Kier molecular flexibility index (Phi) is 7.54. The van der Waals surface area contributed by atoms with Gasteiger partial charge in [-0.25, -0.2) is 8.42 Å². The summed E-state index contributed by atoms with van der Waals surface area (Å²) in [6.45, 7) is 6.35. The van der Waals surface area contributed by atoms with Gasteiger partial charge in [0, 0.05) is 38.7 Å². The van der Waals surface area contributed by atoms with E-state index in [1.54, 1.807) is 26.0 Å². The van der Waals surface area contributed by atoms with Crippen molar-refractivity contribution in [3.05, 3.63) is 35.4 Å². The molecule has 2 amide bonds. The Bertz CT molecular complexity index is 967. The normalized spacial score (nSPS) is 18.6. The van der Waals surface area contributed by atoms with Crippen LogP contribution in [-0.4, -0.2) is 50.2 Å². The summed E-state index contributed by atoms with van der Waals surface area (Å²) in [5.41, 5.74) is 2.70. The number of allylic oxidation sites excluding steroid dienone is 1. The third kappa shape index (κ3) is 5.01. The molecule has 1 aromatic carbocycles. The van der Waals surface area contributed by atoms with E-state index in [0.717, 1.165) is 19.3 Å². The molecule has 0 saturated carbocycles. The summed E-state index contributed by atoms with van der Waals surface area (Å²) in [5, 5.41) is 2.97. The number of anilines is 1. The van der Waals surface area contributed by atoms with Crippen LogP contribution in [0.15, 0.2) is 34.7 Å². The first-order chi connectivity index (χ1) is 14.8. The molecule has 1 aliphatic heterocycles. The fraction of sp³-hybridized carbons (Fsp3) is 0.565. The van der Waals surface area contributed by atoms with E-state index in [1.165, 1.54) is 40.6 Å². The van der Waals surface area contributed by atoms with Gasteiger partial charge in [-0.05, 0) is 55.9 Å². The average Bonchev–Trinajstić information content (AvgIpc) is 3.14. The molecular formula is C23H33N3O4S. The maximum Gasteiger partial charge on any atom is 0.243 e. The van der Waals surface area contributed by atoms with Crippen molar-refractivity contribution >= 4 is 27.5 Å². The van der Waals surface area contributed by atoms with Gasteiger partial charge < -0.3 is 5.32 Å². The van der Waals surface area contributed by atoms with Gasteiger partial charge in [0.25, 0.3) is 0 Å². The second kappa shape index (κ2) is 9.96. The van der Waals surface area contributed by atoms with E-state index in [9.17, 15) is 18.0 Å². The smallest absolute Gasteiger partial charge is 0.243 e. The van der Waals surface area contributed by atoms with E-state index < -0.39 is 16.1 Å². The van der Waals surface area contributed by atoms with E-state index in [-0.39, 0.29) is 16.7 Å². The van der Waals surface area contributed by atoms with Crippen LogP contribution in [-0.2, 0) is 26.0 Å². The number of carbonyl (C=O) groups is 2. The van der Waals surface area contributed by atoms with Gasteiger partial charge in [0.15, 0.2) is 0 Å². The lowest BCUT2D eigenvalue weighted by Gasteiger charge is -2.24. The topological polar surface area (TPSA) is 86.8 Å². The molecule has 7 nitrogen and oxygen atoms in total. The van der Waals surface area contributed by atoms with Crippen LogP contribution in [0.5, 0.6) is 0 Å². The molecule has 3 rings (SSSR count). The quantitative estimate of drug-likeness (QED) is 0.621. The lowest BCUT2D eigenvalue weighted by molar-refractivity contribution is -0.125. The van der Waals surface area contributed by atoms with Crippen molar-refractivity contribution in [3.8, 4) is 0 Å². The van der Waals surface area contributed by atoms with Crippen LogP contribution in [0, 0.1) is 0 Å². The molecule has 2 aliphatic rings. The first-order valence-corrected chi connectivity index (χ1v) is 12.6. The highest BCUT2D eigenvalue weighted by molar-refractivity contribution is 7.89. The average molecular weight is 448 g/mol. The van der Waals surface area contributed by atoms with E-state index in [0.29, 0.717) is 37.3 Å². The van der Waals surface area contributed by atoms with Crippen molar-refractivity contribution in [1.82, 2.24) is 9.62 Å². The predicted molar refractivity (Wildman–Crippen MR) is 121 cm³/mol. The molecule has 0 saturated heterocycles. The summed E-state index contributed by atoms with van der Waals surface area (Å²) in [7, 11) is -3.60. The SMILES string of the molecule is CCN(CC)S(=O)(=O)c1ccc2c(c1)CC(C(=O)NCCC1=CCCCC1)N2C(C)=O. The number of nitrogens with zero attached hydrogens (tertiary/aromatic N) is 2. The number of sulfonamides is 1. The first-order valence-electron chi connectivity index (χ1n) is 11.2. The van der Waals surface area contributed by atoms with E-state index in [2.05, 4.69) is 11.4 Å². The number of hydrogen-bond donors (Lipinski definition) is 1. The largest absolute Gasteiger partial charge is 0.354 e. The summed E-state index contributed by atoms with van der Waals surface area (Å²) < 4.78 is 27.2. The van der Waals surface area contributed by atoms with E-state index in [4.69, 9.17) is 0 Å². The van der Waals surface area contributed by atoms with E-state index in [1.807, 2.05) is 0 Å². The van der Waals surface area contributed by atoms with Crippen LogP contribution >= 0.6 is 0 Å². The van der Waals surface area contributed by atoms with Crippen molar-refractivity contribution in [2.75, 3.05) is 24.5 Å². The van der Waals surface area contributed by atoms with Crippen molar-refractivity contribution in [3.63, 3.8) is 0 Å². The molecule has 1 unspecified atom stereocenters. The highest BCUT2D eigenvalue weighted by Crippen LogP contribution is 2.35. The molecule has 170 valence electrons. The van der Waals surface area contributed by atoms with Gasteiger partial charge in [0.1, 0.15) is 6.04 Å². The molecule has 0 spiro atoms. The minimum Gasteiger partial charge on any atom is -0.354 e. The fourth-order valence-corrected chi connectivity index (χ4v) is 6.00. The van der Waals surface area contributed by atoms with Crippen LogP contribution in [0.25, 0.3) is 0 Å². The van der Waals surface area contributed by atoms with Crippen molar-refractivity contribution < 1.29 is 18.0 Å². The lowest BCUT2D eigenvalue weighted by atomic mass is 9.97. The number of carbonyl (C=O) groups excluding carboxylic acids is 2. The zero-order valence-corrected chi connectivity index (χ0v) is 19.5. The Morgan fingerprint density at radius 3 is 2.55 bits per heavy atom. The molecule has 8 heteroatoms.